The number of hydrogen-bond donors (Lipinski definition) is 2. The van der Waals surface area contributed by atoms with Gasteiger partial charge in [-0.2, -0.15) is 0 Å². The second kappa shape index (κ2) is 6.31. The fraction of sp³-hybridized carbons (Fsp3) is 0.235. The quantitative estimate of drug-likeness (QED) is 0.848. The molecule has 0 saturated heterocycles. The van der Waals surface area contributed by atoms with Gasteiger partial charge in [0, 0.05) is 31.0 Å². The van der Waals surface area contributed by atoms with E-state index in [0.717, 1.165) is 16.9 Å². The highest BCUT2D eigenvalue weighted by molar-refractivity contribution is 5.94. The molecule has 1 amide bonds. The SMILES string of the molecule is CC(NC(=O)c1ccc(N(C)C)cc1)c1ccc(N)cc1. The first-order valence-corrected chi connectivity index (χ1v) is 6.91. The number of rotatable bonds is 4. The van der Waals surface area contributed by atoms with Crippen LogP contribution in [0.2, 0.25) is 0 Å². The number of amides is 1. The lowest BCUT2D eigenvalue weighted by Gasteiger charge is -2.16. The van der Waals surface area contributed by atoms with Gasteiger partial charge in [-0.1, -0.05) is 12.1 Å². The van der Waals surface area contributed by atoms with E-state index in [0.29, 0.717) is 5.56 Å². The number of anilines is 2. The summed E-state index contributed by atoms with van der Waals surface area (Å²) >= 11 is 0. The number of nitrogen functional groups attached to an aromatic ring is 1. The summed E-state index contributed by atoms with van der Waals surface area (Å²) in [4.78, 5) is 14.2. The van der Waals surface area contributed by atoms with E-state index in [-0.39, 0.29) is 11.9 Å². The second-order valence-corrected chi connectivity index (χ2v) is 5.30. The Labute approximate surface area is 125 Å². The molecule has 2 aromatic carbocycles. The van der Waals surface area contributed by atoms with Crippen LogP contribution in [0.15, 0.2) is 48.5 Å². The van der Waals surface area contributed by atoms with E-state index < -0.39 is 0 Å². The first-order chi connectivity index (χ1) is 9.97. The summed E-state index contributed by atoms with van der Waals surface area (Å²) < 4.78 is 0. The number of carbonyl (C=O) groups excluding carboxylic acids is 1. The highest BCUT2D eigenvalue weighted by atomic mass is 16.1. The van der Waals surface area contributed by atoms with Gasteiger partial charge in [-0.3, -0.25) is 4.79 Å². The Morgan fingerprint density at radius 3 is 2.14 bits per heavy atom. The van der Waals surface area contributed by atoms with Crippen LogP contribution < -0.4 is 16.0 Å². The smallest absolute Gasteiger partial charge is 0.251 e. The molecule has 0 spiro atoms. The predicted octanol–water partition coefficient (Wildman–Crippen LogP) is 2.83. The van der Waals surface area contributed by atoms with Crippen LogP contribution in [0.1, 0.15) is 28.9 Å². The number of carbonyl (C=O) groups is 1. The fourth-order valence-electron chi connectivity index (χ4n) is 2.06. The molecule has 0 heterocycles. The van der Waals surface area contributed by atoms with Crippen molar-refractivity contribution >= 4 is 17.3 Å². The summed E-state index contributed by atoms with van der Waals surface area (Å²) in [6.45, 7) is 1.96. The van der Waals surface area contributed by atoms with Crippen molar-refractivity contribution < 1.29 is 4.79 Å². The van der Waals surface area contributed by atoms with Gasteiger partial charge in [-0.15, -0.1) is 0 Å². The molecule has 0 aliphatic rings. The molecular formula is C17H21N3O. The number of nitrogens with zero attached hydrogens (tertiary/aromatic N) is 1. The minimum Gasteiger partial charge on any atom is -0.399 e. The Kier molecular flexibility index (Phi) is 4.48. The minimum atomic E-state index is -0.0790. The van der Waals surface area contributed by atoms with Crippen LogP contribution in [0.3, 0.4) is 0 Å². The third kappa shape index (κ3) is 3.75. The zero-order valence-corrected chi connectivity index (χ0v) is 12.6. The van der Waals surface area contributed by atoms with Crippen molar-refractivity contribution in [2.45, 2.75) is 13.0 Å². The Balaban J connectivity index is 2.05. The lowest BCUT2D eigenvalue weighted by molar-refractivity contribution is 0.0940. The fourth-order valence-corrected chi connectivity index (χ4v) is 2.06. The van der Waals surface area contributed by atoms with E-state index in [1.165, 1.54) is 0 Å². The molecule has 3 N–H and O–H groups in total. The lowest BCUT2D eigenvalue weighted by atomic mass is 10.1. The molecule has 2 rings (SSSR count). The lowest BCUT2D eigenvalue weighted by Crippen LogP contribution is -2.26. The van der Waals surface area contributed by atoms with Crippen LogP contribution in [0.5, 0.6) is 0 Å². The van der Waals surface area contributed by atoms with Crippen molar-refractivity contribution in [2.75, 3.05) is 24.7 Å². The van der Waals surface area contributed by atoms with E-state index in [2.05, 4.69) is 5.32 Å². The average Bonchev–Trinajstić information content (AvgIpc) is 2.47. The summed E-state index contributed by atoms with van der Waals surface area (Å²) in [7, 11) is 3.94. The van der Waals surface area contributed by atoms with E-state index in [9.17, 15) is 4.79 Å². The van der Waals surface area contributed by atoms with Gasteiger partial charge in [0.05, 0.1) is 6.04 Å². The molecule has 0 aliphatic heterocycles. The van der Waals surface area contributed by atoms with Gasteiger partial charge in [-0.25, -0.2) is 0 Å². The van der Waals surface area contributed by atoms with Crippen LogP contribution in [0.4, 0.5) is 11.4 Å². The van der Waals surface area contributed by atoms with Gasteiger partial charge in [0.25, 0.3) is 5.91 Å². The molecule has 110 valence electrons. The maximum absolute atomic E-state index is 12.2. The van der Waals surface area contributed by atoms with E-state index in [4.69, 9.17) is 5.73 Å². The van der Waals surface area contributed by atoms with Gasteiger partial charge >= 0.3 is 0 Å². The molecule has 1 unspecified atom stereocenters. The van der Waals surface area contributed by atoms with Crippen LogP contribution in [0, 0.1) is 0 Å². The largest absolute Gasteiger partial charge is 0.399 e. The summed E-state index contributed by atoms with van der Waals surface area (Å²) in [5.74, 6) is -0.0790. The average molecular weight is 283 g/mol. The van der Waals surface area contributed by atoms with Crippen LogP contribution in [-0.2, 0) is 0 Å². The second-order valence-electron chi connectivity index (χ2n) is 5.30. The molecule has 0 radical (unpaired) electrons. The van der Waals surface area contributed by atoms with Crippen molar-refractivity contribution in [1.29, 1.82) is 0 Å². The van der Waals surface area contributed by atoms with Crippen LogP contribution >= 0.6 is 0 Å². The molecule has 2 aromatic rings. The van der Waals surface area contributed by atoms with Crippen molar-refractivity contribution in [1.82, 2.24) is 5.32 Å². The van der Waals surface area contributed by atoms with Crippen LogP contribution in [-0.4, -0.2) is 20.0 Å². The summed E-state index contributed by atoms with van der Waals surface area (Å²) in [5, 5.41) is 2.99. The zero-order valence-electron chi connectivity index (χ0n) is 12.6. The number of hydrogen-bond acceptors (Lipinski definition) is 3. The third-order valence-corrected chi connectivity index (χ3v) is 3.43. The summed E-state index contributed by atoms with van der Waals surface area (Å²) in [5.41, 5.74) is 9.14. The first kappa shape index (κ1) is 14.9. The molecule has 1 atom stereocenters. The molecule has 4 nitrogen and oxygen atoms in total. The number of benzene rings is 2. The van der Waals surface area contributed by atoms with Crippen molar-refractivity contribution in [3.8, 4) is 0 Å². The molecule has 0 fully saturated rings. The Morgan fingerprint density at radius 1 is 1.05 bits per heavy atom. The predicted molar refractivity (Wildman–Crippen MR) is 87.5 cm³/mol. The number of nitrogens with two attached hydrogens (primary N) is 1. The van der Waals surface area contributed by atoms with E-state index in [1.807, 2.05) is 74.4 Å². The first-order valence-electron chi connectivity index (χ1n) is 6.91. The topological polar surface area (TPSA) is 58.4 Å². The number of nitrogens with one attached hydrogen (secondary N) is 1. The molecule has 0 saturated carbocycles. The highest BCUT2D eigenvalue weighted by Crippen LogP contribution is 2.16. The molecule has 0 bridgehead atoms. The van der Waals surface area contributed by atoms with Crippen molar-refractivity contribution in [2.24, 2.45) is 0 Å². The molecule has 0 aromatic heterocycles. The molecule has 4 heteroatoms. The maximum atomic E-state index is 12.2. The summed E-state index contributed by atoms with van der Waals surface area (Å²) in [6, 6.07) is 15.0. The Morgan fingerprint density at radius 2 is 1.62 bits per heavy atom. The summed E-state index contributed by atoms with van der Waals surface area (Å²) in [6.07, 6.45) is 0. The van der Waals surface area contributed by atoms with E-state index in [1.54, 1.807) is 0 Å². The van der Waals surface area contributed by atoms with Gasteiger partial charge < -0.3 is 16.0 Å². The van der Waals surface area contributed by atoms with Crippen molar-refractivity contribution in [3.63, 3.8) is 0 Å². The standard InChI is InChI=1S/C17H21N3O/c1-12(13-4-8-15(18)9-5-13)19-17(21)14-6-10-16(11-7-14)20(2)3/h4-12H,18H2,1-3H3,(H,19,21). The zero-order chi connectivity index (χ0) is 15.4. The third-order valence-electron chi connectivity index (χ3n) is 3.43. The maximum Gasteiger partial charge on any atom is 0.251 e. The van der Waals surface area contributed by atoms with Gasteiger partial charge in [0.1, 0.15) is 0 Å². The van der Waals surface area contributed by atoms with Gasteiger partial charge in [0.15, 0.2) is 0 Å². The van der Waals surface area contributed by atoms with Gasteiger partial charge in [-0.05, 0) is 48.9 Å². The van der Waals surface area contributed by atoms with Crippen molar-refractivity contribution in [3.05, 3.63) is 59.7 Å². The molecular weight excluding hydrogens is 262 g/mol. The van der Waals surface area contributed by atoms with Crippen LogP contribution in [0.25, 0.3) is 0 Å². The highest BCUT2D eigenvalue weighted by Gasteiger charge is 2.11. The molecule has 21 heavy (non-hydrogen) atoms. The Bertz CT molecular complexity index is 603. The molecule has 0 aliphatic carbocycles. The normalized spacial score (nSPS) is 11.8. The monoisotopic (exact) mass is 283 g/mol. The minimum absolute atomic E-state index is 0.0633. The van der Waals surface area contributed by atoms with E-state index >= 15 is 0 Å². The van der Waals surface area contributed by atoms with Gasteiger partial charge in [0.2, 0.25) is 0 Å². The Hall–Kier alpha value is -2.49.